The van der Waals surface area contributed by atoms with Crippen molar-refractivity contribution in [2.24, 2.45) is 0 Å². The summed E-state index contributed by atoms with van der Waals surface area (Å²) in [6.07, 6.45) is 6.91. The highest BCUT2D eigenvalue weighted by Crippen LogP contribution is 2.41. The Morgan fingerprint density at radius 2 is 0.902 bits per heavy atom. The molecule has 280 valence electrons. The number of phenolic OH excluding ortho intramolecular Hbond substituents is 2. The zero-order valence-electron chi connectivity index (χ0n) is 33.2. The van der Waals surface area contributed by atoms with Crippen molar-refractivity contribution in [1.82, 2.24) is 15.0 Å². The molecule has 2 aromatic carbocycles. The Labute approximate surface area is 310 Å². The number of carbonyl (C=O) groups is 2. The summed E-state index contributed by atoms with van der Waals surface area (Å²) in [5.74, 6) is 0.284. The summed E-state index contributed by atoms with van der Waals surface area (Å²) in [6, 6.07) is 6.84. The molecule has 0 atom stereocenters. The zero-order valence-corrected chi connectivity index (χ0v) is 34.0. The number of nitrogens with one attached hydrogen (secondary N) is 2. The summed E-state index contributed by atoms with van der Waals surface area (Å²) in [4.78, 5) is 41.2. The van der Waals surface area contributed by atoms with Crippen LogP contribution in [0.4, 0.5) is 11.9 Å². The first-order valence-corrected chi connectivity index (χ1v) is 19.2. The van der Waals surface area contributed by atoms with Gasteiger partial charge in [0.05, 0.1) is 0 Å². The lowest BCUT2D eigenvalue weighted by molar-refractivity contribution is 0.101. The Balaban J connectivity index is 2.02. The van der Waals surface area contributed by atoms with Gasteiger partial charge in [0, 0.05) is 39.1 Å². The van der Waals surface area contributed by atoms with E-state index < -0.39 is 33.5 Å². The van der Waals surface area contributed by atoms with Crippen molar-refractivity contribution in [2.45, 2.75) is 155 Å². The second kappa shape index (κ2) is 16.3. The van der Waals surface area contributed by atoms with E-state index in [0.29, 0.717) is 38.5 Å². The molecule has 0 aliphatic heterocycles. The quantitative estimate of drug-likeness (QED) is 0.107. The predicted molar refractivity (Wildman–Crippen MR) is 211 cm³/mol. The molecule has 0 spiro atoms. The van der Waals surface area contributed by atoms with Crippen molar-refractivity contribution in [3.05, 3.63) is 57.6 Å². The molecule has 4 N–H and O–H groups in total. The Kier molecular flexibility index (Phi) is 13.4. The maximum atomic E-state index is 13.8. The topological polar surface area (TPSA) is 137 Å². The third-order valence-corrected chi connectivity index (χ3v) is 9.70. The minimum atomic E-state index is -0.440. The highest BCUT2D eigenvalue weighted by molar-refractivity contribution is 7.99. The van der Waals surface area contributed by atoms with Crippen molar-refractivity contribution in [2.75, 3.05) is 16.4 Å². The monoisotopic (exact) mass is 719 g/mol. The summed E-state index contributed by atoms with van der Waals surface area (Å²) < 4.78 is 0. The lowest BCUT2D eigenvalue weighted by Gasteiger charge is -2.28. The largest absolute Gasteiger partial charge is 0.507 e. The lowest BCUT2D eigenvalue weighted by atomic mass is 9.78. The maximum Gasteiger partial charge on any atom is 0.258 e. The van der Waals surface area contributed by atoms with E-state index in [9.17, 15) is 19.8 Å². The summed E-state index contributed by atoms with van der Waals surface area (Å²) in [5, 5.41) is 28.4. The van der Waals surface area contributed by atoms with E-state index in [1.165, 1.54) is 37.4 Å². The van der Waals surface area contributed by atoms with Gasteiger partial charge >= 0.3 is 0 Å². The highest BCUT2D eigenvalue weighted by Gasteiger charge is 2.30. The first-order valence-electron chi connectivity index (χ1n) is 18.2. The number of hydrogen-bond acceptors (Lipinski definition) is 8. The Morgan fingerprint density at radius 3 is 1.24 bits per heavy atom. The van der Waals surface area contributed by atoms with Crippen molar-refractivity contribution in [3.63, 3.8) is 0 Å². The summed E-state index contributed by atoms with van der Waals surface area (Å²) in [7, 11) is 0. The number of phenols is 2. The van der Waals surface area contributed by atoms with Crippen LogP contribution in [0.3, 0.4) is 0 Å². The molecular formula is C41H61N5O4S. The molecule has 10 heteroatoms. The summed E-state index contributed by atoms with van der Waals surface area (Å²) >= 11 is 1.45. The van der Waals surface area contributed by atoms with Gasteiger partial charge in [0.1, 0.15) is 11.5 Å². The predicted octanol–water partition coefficient (Wildman–Crippen LogP) is 10.4. The number of amides is 2. The number of rotatable bonds is 12. The van der Waals surface area contributed by atoms with Crippen LogP contribution in [0.1, 0.15) is 172 Å². The SMILES string of the molecule is CCCCCCCCSc1nc(NC(=O)c2cc(C(C)(C)C)c(O)c(C(C)(C)C)c2)nc(NC(=O)c2cc(C(C)(C)C)c(O)c(C(C)(C)C)c2)n1. The lowest BCUT2D eigenvalue weighted by Crippen LogP contribution is -2.22. The number of unbranched alkanes of at least 4 members (excludes halogenated alkanes) is 5. The van der Waals surface area contributed by atoms with Gasteiger partial charge in [0.2, 0.25) is 11.9 Å². The molecule has 0 bridgehead atoms. The van der Waals surface area contributed by atoms with Gasteiger partial charge in [0.25, 0.3) is 11.8 Å². The fraction of sp³-hybridized carbons (Fsp3) is 0.585. The molecule has 0 fully saturated rings. The zero-order chi connectivity index (χ0) is 38.5. The minimum absolute atomic E-state index is 0.00917. The number of hydrogen-bond donors (Lipinski definition) is 4. The van der Waals surface area contributed by atoms with E-state index in [1.54, 1.807) is 24.3 Å². The number of anilines is 2. The van der Waals surface area contributed by atoms with Crippen LogP contribution in [-0.4, -0.2) is 42.7 Å². The second-order valence-electron chi connectivity index (χ2n) is 17.6. The first-order chi connectivity index (χ1) is 23.4. The Hall–Kier alpha value is -3.66. The highest BCUT2D eigenvalue weighted by atomic mass is 32.2. The fourth-order valence-electron chi connectivity index (χ4n) is 5.74. The molecule has 0 saturated carbocycles. The molecule has 0 radical (unpaired) electrons. The number of aromatic nitrogens is 3. The van der Waals surface area contributed by atoms with Crippen molar-refractivity contribution >= 4 is 35.5 Å². The first kappa shape index (κ1) is 41.8. The van der Waals surface area contributed by atoms with Crippen molar-refractivity contribution < 1.29 is 19.8 Å². The van der Waals surface area contributed by atoms with Crippen molar-refractivity contribution in [3.8, 4) is 11.5 Å². The van der Waals surface area contributed by atoms with Crippen LogP contribution in [0.25, 0.3) is 0 Å². The van der Waals surface area contributed by atoms with Crippen LogP contribution in [0, 0.1) is 0 Å². The van der Waals surface area contributed by atoms with Crippen LogP contribution in [-0.2, 0) is 21.7 Å². The van der Waals surface area contributed by atoms with E-state index in [-0.39, 0.29) is 23.4 Å². The molecule has 0 unspecified atom stereocenters. The van der Waals surface area contributed by atoms with E-state index in [1.807, 2.05) is 83.1 Å². The molecular weight excluding hydrogens is 659 g/mol. The number of nitrogens with zero attached hydrogens (tertiary/aromatic N) is 3. The molecule has 3 aromatic rings. The molecule has 1 aromatic heterocycles. The summed E-state index contributed by atoms with van der Waals surface area (Å²) in [6.45, 7) is 26.1. The van der Waals surface area contributed by atoms with Crippen LogP contribution in [0.15, 0.2) is 29.4 Å². The summed E-state index contributed by atoms with van der Waals surface area (Å²) in [5.41, 5.74) is 1.71. The van der Waals surface area contributed by atoms with Crippen LogP contribution < -0.4 is 10.6 Å². The van der Waals surface area contributed by atoms with Crippen molar-refractivity contribution in [1.29, 1.82) is 0 Å². The molecule has 9 nitrogen and oxygen atoms in total. The minimum Gasteiger partial charge on any atom is -0.507 e. The third-order valence-electron chi connectivity index (χ3n) is 8.77. The molecule has 2 amide bonds. The molecule has 51 heavy (non-hydrogen) atoms. The third kappa shape index (κ3) is 11.4. The molecule has 0 aliphatic carbocycles. The second-order valence-corrected chi connectivity index (χ2v) is 18.7. The molecule has 1 heterocycles. The van der Waals surface area contributed by atoms with Crippen LogP contribution >= 0.6 is 11.8 Å². The van der Waals surface area contributed by atoms with E-state index in [2.05, 4.69) is 32.5 Å². The average molecular weight is 720 g/mol. The van der Waals surface area contributed by atoms with Gasteiger partial charge in [-0.15, -0.1) is 0 Å². The van der Waals surface area contributed by atoms with Gasteiger partial charge in [-0.2, -0.15) is 15.0 Å². The van der Waals surface area contributed by atoms with Gasteiger partial charge in [0.15, 0.2) is 5.16 Å². The fourth-order valence-corrected chi connectivity index (χ4v) is 6.58. The number of carbonyl (C=O) groups excluding carboxylic acids is 2. The van der Waals surface area contributed by atoms with Gasteiger partial charge in [-0.25, -0.2) is 0 Å². The number of thioether (sulfide) groups is 1. The normalized spacial score (nSPS) is 12.6. The van der Waals surface area contributed by atoms with E-state index >= 15 is 0 Å². The Bertz CT molecular complexity index is 1530. The van der Waals surface area contributed by atoms with Gasteiger partial charge in [-0.1, -0.05) is 134 Å². The van der Waals surface area contributed by atoms with Gasteiger partial charge in [-0.05, 0) is 52.3 Å². The molecule has 0 saturated heterocycles. The number of benzene rings is 2. The molecule has 0 aliphatic rings. The van der Waals surface area contributed by atoms with E-state index in [4.69, 9.17) is 0 Å². The van der Waals surface area contributed by atoms with Gasteiger partial charge < -0.3 is 10.2 Å². The standard InChI is InChI=1S/C41H61N5O4S/c1-14-15-16-17-18-19-20-51-37-45-35(42-33(49)25-21-27(38(2,3)4)31(47)28(22-25)39(5,6)7)44-36(46-37)43-34(50)26-23-29(40(8,9)10)32(48)30(24-26)41(11,12)13/h21-24,47-48H,14-20H2,1-13H3,(H2,42,43,44,45,46,49,50). The van der Waals surface area contributed by atoms with Crippen LogP contribution in [0.2, 0.25) is 0 Å². The maximum absolute atomic E-state index is 13.8. The van der Waals surface area contributed by atoms with Crippen LogP contribution in [0.5, 0.6) is 11.5 Å². The average Bonchev–Trinajstić information content (AvgIpc) is 2.98. The van der Waals surface area contributed by atoms with E-state index in [0.717, 1.165) is 18.6 Å². The van der Waals surface area contributed by atoms with Gasteiger partial charge in [-0.3, -0.25) is 20.2 Å². The smallest absolute Gasteiger partial charge is 0.258 e. The Morgan fingerprint density at radius 1 is 0.569 bits per heavy atom. The number of aromatic hydroxyl groups is 2. The molecule has 3 rings (SSSR count).